The zero-order valence-electron chi connectivity index (χ0n) is 14.1. The van der Waals surface area contributed by atoms with E-state index >= 15 is 0 Å². The first kappa shape index (κ1) is 15.8. The molecule has 1 N–H and O–H groups in total. The summed E-state index contributed by atoms with van der Waals surface area (Å²) in [7, 11) is 0. The molecule has 0 spiro atoms. The van der Waals surface area contributed by atoms with E-state index in [4.69, 9.17) is 4.74 Å². The molecular weight excluding hydrogens is 276 g/mol. The minimum absolute atomic E-state index is 0.184. The van der Waals surface area contributed by atoms with Crippen LogP contribution in [-0.2, 0) is 17.6 Å². The summed E-state index contributed by atoms with van der Waals surface area (Å²) in [5.41, 5.74) is 4.65. The van der Waals surface area contributed by atoms with Crippen LogP contribution in [0.2, 0.25) is 0 Å². The van der Waals surface area contributed by atoms with Gasteiger partial charge >= 0.3 is 0 Å². The molecular formula is C18H28N2O2. The van der Waals surface area contributed by atoms with Gasteiger partial charge in [-0.15, -0.1) is 0 Å². The van der Waals surface area contributed by atoms with Crippen LogP contribution in [-0.4, -0.2) is 48.5 Å². The highest BCUT2D eigenvalue weighted by atomic mass is 16.5. The first-order valence-corrected chi connectivity index (χ1v) is 8.70. The summed E-state index contributed by atoms with van der Waals surface area (Å²) in [6.45, 7) is 10.8. The molecule has 0 aromatic carbocycles. The first-order valence-electron chi connectivity index (χ1n) is 8.70. The van der Waals surface area contributed by atoms with E-state index in [-0.39, 0.29) is 5.92 Å². The second kappa shape index (κ2) is 6.55. The molecule has 1 aromatic rings. The highest BCUT2D eigenvalue weighted by Gasteiger charge is 2.41. The third kappa shape index (κ3) is 2.74. The van der Waals surface area contributed by atoms with Gasteiger partial charge in [0.25, 0.3) is 0 Å². The maximum Gasteiger partial charge on any atom is 0.169 e. The molecule has 22 heavy (non-hydrogen) atoms. The Hall–Kier alpha value is -1.13. The fraction of sp³-hybridized carbons (Fsp3) is 0.722. The summed E-state index contributed by atoms with van der Waals surface area (Å²) in [5.74, 6) is 1.09. The number of piperidine rings is 1. The fourth-order valence-corrected chi connectivity index (χ4v) is 4.22. The van der Waals surface area contributed by atoms with Gasteiger partial charge in [-0.1, -0.05) is 6.92 Å². The van der Waals surface area contributed by atoms with Crippen molar-refractivity contribution in [1.82, 2.24) is 9.88 Å². The van der Waals surface area contributed by atoms with Crippen LogP contribution in [0.25, 0.3) is 0 Å². The Morgan fingerprint density at radius 2 is 2.18 bits per heavy atom. The summed E-state index contributed by atoms with van der Waals surface area (Å²) in [6.07, 6.45) is 3.11. The molecule has 2 aliphatic rings. The van der Waals surface area contributed by atoms with Crippen molar-refractivity contribution in [3.05, 3.63) is 22.5 Å². The summed E-state index contributed by atoms with van der Waals surface area (Å²) in [4.78, 5) is 18.9. The van der Waals surface area contributed by atoms with Gasteiger partial charge in [-0.2, -0.15) is 0 Å². The molecule has 0 bridgehead atoms. The number of nitrogens with one attached hydrogen (secondary N) is 1. The quantitative estimate of drug-likeness (QED) is 0.851. The van der Waals surface area contributed by atoms with Crippen LogP contribution in [0.5, 0.6) is 0 Å². The van der Waals surface area contributed by atoms with Gasteiger partial charge in [-0.25, -0.2) is 0 Å². The summed E-state index contributed by atoms with van der Waals surface area (Å²) >= 11 is 0. The van der Waals surface area contributed by atoms with Crippen molar-refractivity contribution in [1.29, 1.82) is 0 Å². The molecule has 0 saturated carbocycles. The third-order valence-electron chi connectivity index (χ3n) is 5.39. The van der Waals surface area contributed by atoms with Crippen molar-refractivity contribution in [2.75, 3.05) is 32.8 Å². The minimum Gasteiger partial charge on any atom is -0.380 e. The number of aromatic nitrogens is 1. The zero-order chi connectivity index (χ0) is 15.7. The summed E-state index contributed by atoms with van der Waals surface area (Å²) in [6, 6.07) is 0. The average molecular weight is 304 g/mol. The van der Waals surface area contributed by atoms with Crippen molar-refractivity contribution in [3.8, 4) is 0 Å². The lowest BCUT2D eigenvalue weighted by Crippen LogP contribution is -2.47. The van der Waals surface area contributed by atoms with E-state index in [1.807, 2.05) is 6.92 Å². The van der Waals surface area contributed by atoms with Gasteiger partial charge in [0, 0.05) is 42.6 Å². The Bertz CT molecular complexity index is 550. The van der Waals surface area contributed by atoms with Crippen LogP contribution in [0.15, 0.2) is 0 Å². The molecule has 0 unspecified atom stereocenters. The Morgan fingerprint density at radius 3 is 2.91 bits per heavy atom. The number of likely N-dealkylation sites (tertiary alicyclic amines) is 1. The lowest BCUT2D eigenvalue weighted by atomic mass is 9.72. The number of H-pyrrole nitrogens is 1. The zero-order valence-corrected chi connectivity index (χ0v) is 14.1. The predicted octanol–water partition coefficient (Wildman–Crippen LogP) is 2.60. The number of ether oxygens (including phenoxy) is 1. The number of fused-ring (bicyclic) bond motifs is 2. The van der Waals surface area contributed by atoms with Crippen LogP contribution in [0.3, 0.4) is 0 Å². The van der Waals surface area contributed by atoms with Gasteiger partial charge < -0.3 is 14.6 Å². The maximum absolute atomic E-state index is 13.0. The topological polar surface area (TPSA) is 45.3 Å². The standard InChI is InChI=1S/C18H28N2O2/c1-4-14-12(3)19-16-10-13-6-7-20(8-9-22-5-2)11-15(13)18(21)17(14)16/h13,15,19H,4-11H2,1-3H3/t13-,15+/m0/s1. The van der Waals surface area contributed by atoms with E-state index < -0.39 is 0 Å². The fourth-order valence-electron chi connectivity index (χ4n) is 4.22. The Kier molecular flexibility index (Phi) is 4.69. The number of carbonyl (C=O) groups excluding carboxylic acids is 1. The monoisotopic (exact) mass is 304 g/mol. The number of Topliss-reactive ketones (excluding diaryl/α,β-unsaturated/α-hetero) is 1. The van der Waals surface area contributed by atoms with Crippen LogP contribution in [0.1, 0.15) is 47.6 Å². The second-order valence-electron chi connectivity index (χ2n) is 6.66. The number of aryl methyl sites for hydroxylation is 1. The van der Waals surface area contributed by atoms with Crippen LogP contribution >= 0.6 is 0 Å². The Balaban J connectivity index is 1.76. The number of nitrogens with zero attached hydrogens (tertiary/aromatic N) is 1. The summed E-state index contributed by atoms with van der Waals surface area (Å²) < 4.78 is 5.46. The molecule has 4 heteroatoms. The molecule has 1 aliphatic heterocycles. The molecule has 2 atom stereocenters. The van der Waals surface area contributed by atoms with E-state index in [0.717, 1.165) is 57.7 Å². The molecule has 2 heterocycles. The molecule has 1 fully saturated rings. The average Bonchev–Trinajstić information content (AvgIpc) is 2.83. The normalized spacial score (nSPS) is 25.1. The highest BCUT2D eigenvalue weighted by Crippen LogP contribution is 2.37. The van der Waals surface area contributed by atoms with E-state index in [0.29, 0.717) is 11.7 Å². The van der Waals surface area contributed by atoms with Crippen molar-refractivity contribution >= 4 is 5.78 Å². The Labute approximate surface area is 133 Å². The van der Waals surface area contributed by atoms with Crippen molar-refractivity contribution in [3.63, 3.8) is 0 Å². The second-order valence-corrected chi connectivity index (χ2v) is 6.66. The van der Waals surface area contributed by atoms with E-state index in [1.54, 1.807) is 0 Å². The Morgan fingerprint density at radius 1 is 1.36 bits per heavy atom. The van der Waals surface area contributed by atoms with Crippen LogP contribution in [0, 0.1) is 18.8 Å². The lowest BCUT2D eigenvalue weighted by molar-refractivity contribution is 0.0539. The van der Waals surface area contributed by atoms with Gasteiger partial charge in [-0.3, -0.25) is 4.79 Å². The molecule has 1 aromatic heterocycles. The number of hydrogen-bond donors (Lipinski definition) is 1. The molecule has 1 saturated heterocycles. The van der Waals surface area contributed by atoms with Crippen molar-refractivity contribution < 1.29 is 9.53 Å². The predicted molar refractivity (Wildman–Crippen MR) is 87.5 cm³/mol. The van der Waals surface area contributed by atoms with E-state index in [2.05, 4.69) is 23.7 Å². The van der Waals surface area contributed by atoms with E-state index in [9.17, 15) is 4.79 Å². The van der Waals surface area contributed by atoms with E-state index in [1.165, 1.54) is 17.0 Å². The number of ketones is 1. The van der Waals surface area contributed by atoms with Gasteiger partial charge in [0.15, 0.2) is 5.78 Å². The smallest absolute Gasteiger partial charge is 0.169 e. The molecule has 122 valence electrons. The molecule has 1 aliphatic carbocycles. The minimum atomic E-state index is 0.184. The lowest BCUT2D eigenvalue weighted by Gasteiger charge is -2.40. The van der Waals surface area contributed by atoms with Crippen molar-refractivity contribution in [2.24, 2.45) is 11.8 Å². The summed E-state index contributed by atoms with van der Waals surface area (Å²) in [5, 5.41) is 0. The van der Waals surface area contributed by atoms with Gasteiger partial charge in [-0.05, 0) is 51.1 Å². The van der Waals surface area contributed by atoms with Gasteiger partial charge in [0.05, 0.1) is 6.61 Å². The van der Waals surface area contributed by atoms with Gasteiger partial charge in [0.1, 0.15) is 0 Å². The third-order valence-corrected chi connectivity index (χ3v) is 5.39. The maximum atomic E-state index is 13.0. The van der Waals surface area contributed by atoms with Crippen molar-refractivity contribution in [2.45, 2.75) is 40.0 Å². The number of aromatic amines is 1. The highest BCUT2D eigenvalue weighted by molar-refractivity contribution is 6.02. The van der Waals surface area contributed by atoms with Gasteiger partial charge in [0.2, 0.25) is 0 Å². The number of carbonyl (C=O) groups is 1. The molecule has 3 rings (SSSR count). The SMILES string of the molecule is CCOCCN1CC[C@H]2Cc3[nH]c(C)c(CC)c3C(=O)[C@@H]2C1. The largest absolute Gasteiger partial charge is 0.380 e. The number of rotatable bonds is 5. The number of hydrogen-bond acceptors (Lipinski definition) is 3. The first-order chi connectivity index (χ1) is 10.7. The van der Waals surface area contributed by atoms with Crippen LogP contribution in [0.4, 0.5) is 0 Å². The molecule has 0 radical (unpaired) electrons. The molecule has 0 amide bonds. The molecule has 4 nitrogen and oxygen atoms in total. The van der Waals surface area contributed by atoms with Crippen LogP contribution < -0.4 is 0 Å².